The van der Waals surface area contributed by atoms with E-state index in [0.717, 1.165) is 32.1 Å². The molecule has 0 radical (unpaired) electrons. The number of aliphatic hydroxyl groups excluding tert-OH is 2. The van der Waals surface area contributed by atoms with Crippen LogP contribution in [0.3, 0.4) is 0 Å². The number of hydrogen-bond donors (Lipinski definition) is 2. The van der Waals surface area contributed by atoms with Crippen LogP contribution in [0.1, 0.15) is 103 Å². The van der Waals surface area contributed by atoms with E-state index in [0.29, 0.717) is 6.42 Å². The van der Waals surface area contributed by atoms with Gasteiger partial charge < -0.3 is 14.9 Å². The molecule has 1 fully saturated rings. The Labute approximate surface area is 155 Å². The van der Waals surface area contributed by atoms with Gasteiger partial charge in [-0.15, -0.1) is 6.58 Å². The third kappa shape index (κ3) is 10.4. The number of ether oxygens (including phenoxy) is 1. The van der Waals surface area contributed by atoms with Crippen molar-refractivity contribution < 1.29 is 14.9 Å². The van der Waals surface area contributed by atoms with Gasteiger partial charge >= 0.3 is 0 Å². The highest BCUT2D eigenvalue weighted by Gasteiger charge is 2.33. The van der Waals surface area contributed by atoms with Crippen molar-refractivity contribution in [3.05, 3.63) is 12.7 Å². The van der Waals surface area contributed by atoms with E-state index in [1.54, 1.807) is 0 Å². The Hall–Kier alpha value is -0.380. The molecule has 1 heterocycles. The molecule has 3 heteroatoms. The van der Waals surface area contributed by atoms with Gasteiger partial charge in [0.25, 0.3) is 0 Å². The first kappa shape index (κ1) is 22.7. The molecule has 0 aliphatic carbocycles. The average molecular weight is 355 g/mol. The second-order valence-electron chi connectivity index (χ2n) is 7.76. The average Bonchev–Trinajstić information content (AvgIpc) is 3.11. The second-order valence-corrected chi connectivity index (χ2v) is 7.76. The van der Waals surface area contributed by atoms with Gasteiger partial charge in [0.05, 0.1) is 24.4 Å². The van der Waals surface area contributed by atoms with Gasteiger partial charge in [0.15, 0.2) is 0 Å². The Morgan fingerprint density at radius 3 is 1.84 bits per heavy atom. The molecule has 4 atom stereocenters. The van der Waals surface area contributed by atoms with E-state index >= 15 is 0 Å². The van der Waals surface area contributed by atoms with Crippen LogP contribution in [0, 0.1) is 0 Å². The first-order chi connectivity index (χ1) is 12.2. The van der Waals surface area contributed by atoms with Crippen LogP contribution in [0.25, 0.3) is 0 Å². The van der Waals surface area contributed by atoms with Crippen molar-refractivity contribution in [2.75, 3.05) is 0 Å². The monoisotopic (exact) mass is 354 g/mol. The lowest BCUT2D eigenvalue weighted by molar-refractivity contribution is -0.0779. The van der Waals surface area contributed by atoms with Gasteiger partial charge in [-0.2, -0.15) is 0 Å². The maximum Gasteiger partial charge on any atom is 0.0840 e. The molecular formula is C22H42O3. The smallest absolute Gasteiger partial charge is 0.0840 e. The number of allylic oxidation sites excluding steroid dienone is 1. The Kier molecular flexibility index (Phi) is 13.4. The quantitative estimate of drug-likeness (QED) is 0.283. The summed E-state index contributed by atoms with van der Waals surface area (Å²) in [6, 6.07) is 0. The lowest BCUT2D eigenvalue weighted by Gasteiger charge is -2.22. The minimum absolute atomic E-state index is 0.0815. The summed E-state index contributed by atoms with van der Waals surface area (Å²) < 4.78 is 5.89. The van der Waals surface area contributed by atoms with Gasteiger partial charge in [-0.05, 0) is 32.1 Å². The molecule has 1 rings (SSSR count). The van der Waals surface area contributed by atoms with Gasteiger partial charge in [0.2, 0.25) is 0 Å². The molecule has 0 saturated carbocycles. The van der Waals surface area contributed by atoms with E-state index in [1.165, 1.54) is 57.8 Å². The molecule has 4 unspecified atom stereocenters. The molecule has 0 aromatic heterocycles. The SMILES string of the molecule is C=CCCC(O)C1CCC(C(O)CCCCCCCCCCCC)O1. The summed E-state index contributed by atoms with van der Waals surface area (Å²) in [7, 11) is 0. The highest BCUT2D eigenvalue weighted by molar-refractivity contribution is 4.84. The predicted octanol–water partition coefficient (Wildman–Crippen LogP) is 5.53. The van der Waals surface area contributed by atoms with Gasteiger partial charge in [-0.1, -0.05) is 77.2 Å². The van der Waals surface area contributed by atoms with E-state index in [1.807, 2.05) is 6.08 Å². The second kappa shape index (κ2) is 14.8. The molecule has 1 aliphatic heterocycles. The van der Waals surface area contributed by atoms with E-state index in [2.05, 4.69) is 13.5 Å². The lowest BCUT2D eigenvalue weighted by atomic mass is 10.0. The van der Waals surface area contributed by atoms with Gasteiger partial charge in [-0.3, -0.25) is 0 Å². The molecule has 0 amide bonds. The van der Waals surface area contributed by atoms with Gasteiger partial charge in [-0.25, -0.2) is 0 Å². The van der Waals surface area contributed by atoms with Crippen LogP contribution >= 0.6 is 0 Å². The summed E-state index contributed by atoms with van der Waals surface area (Å²) in [5, 5.41) is 20.4. The Balaban J connectivity index is 1.98. The van der Waals surface area contributed by atoms with E-state index in [9.17, 15) is 10.2 Å². The number of aliphatic hydroxyl groups is 2. The number of unbranched alkanes of at least 4 members (excludes halogenated alkanes) is 9. The van der Waals surface area contributed by atoms with Crippen LogP contribution in [0.5, 0.6) is 0 Å². The van der Waals surface area contributed by atoms with Gasteiger partial charge in [0.1, 0.15) is 0 Å². The first-order valence-electron chi connectivity index (χ1n) is 10.8. The molecule has 0 aromatic rings. The predicted molar refractivity (Wildman–Crippen MR) is 106 cm³/mol. The minimum Gasteiger partial charge on any atom is -0.390 e. The van der Waals surface area contributed by atoms with Crippen LogP contribution in [0.15, 0.2) is 12.7 Å². The third-order valence-electron chi connectivity index (χ3n) is 5.46. The lowest BCUT2D eigenvalue weighted by Crippen LogP contribution is -2.30. The Bertz CT molecular complexity index is 318. The zero-order valence-corrected chi connectivity index (χ0v) is 16.5. The molecule has 25 heavy (non-hydrogen) atoms. The summed E-state index contributed by atoms with van der Waals surface area (Å²) in [6.07, 6.45) is 18.1. The topological polar surface area (TPSA) is 49.7 Å². The highest BCUT2D eigenvalue weighted by atomic mass is 16.5. The van der Waals surface area contributed by atoms with E-state index < -0.39 is 6.10 Å². The molecule has 1 saturated heterocycles. The third-order valence-corrected chi connectivity index (χ3v) is 5.46. The zero-order valence-electron chi connectivity index (χ0n) is 16.5. The van der Waals surface area contributed by atoms with Crippen molar-refractivity contribution in [2.24, 2.45) is 0 Å². The summed E-state index contributed by atoms with van der Waals surface area (Å²) in [5.74, 6) is 0. The van der Waals surface area contributed by atoms with Crippen LogP contribution in [0.4, 0.5) is 0 Å². The highest BCUT2D eigenvalue weighted by Crippen LogP contribution is 2.28. The fourth-order valence-corrected chi connectivity index (χ4v) is 3.76. The molecule has 1 aliphatic rings. The summed E-state index contributed by atoms with van der Waals surface area (Å²) in [5.41, 5.74) is 0. The minimum atomic E-state index is -0.424. The first-order valence-corrected chi connectivity index (χ1v) is 10.8. The number of rotatable bonds is 16. The van der Waals surface area contributed by atoms with Crippen molar-refractivity contribution in [2.45, 2.75) is 128 Å². The van der Waals surface area contributed by atoms with Crippen molar-refractivity contribution in [3.8, 4) is 0 Å². The summed E-state index contributed by atoms with van der Waals surface area (Å²) >= 11 is 0. The maximum absolute atomic E-state index is 10.3. The normalized spacial score (nSPS) is 22.8. The van der Waals surface area contributed by atoms with Crippen molar-refractivity contribution in [1.82, 2.24) is 0 Å². The summed E-state index contributed by atoms with van der Waals surface area (Å²) in [6.45, 7) is 5.95. The zero-order chi connectivity index (χ0) is 18.3. The van der Waals surface area contributed by atoms with Crippen molar-refractivity contribution in [1.29, 1.82) is 0 Å². The fraction of sp³-hybridized carbons (Fsp3) is 0.909. The molecule has 0 spiro atoms. The standard InChI is InChI=1S/C22H42O3/c1-3-5-7-8-9-10-11-12-13-14-16-20(24)22-18-17-21(25-22)19(23)15-6-4-2/h4,19-24H,2-3,5-18H2,1H3. The molecule has 3 nitrogen and oxygen atoms in total. The van der Waals surface area contributed by atoms with Crippen LogP contribution in [-0.4, -0.2) is 34.6 Å². The molecule has 0 aromatic carbocycles. The van der Waals surface area contributed by atoms with Crippen molar-refractivity contribution >= 4 is 0 Å². The maximum atomic E-state index is 10.3. The molecular weight excluding hydrogens is 312 g/mol. The van der Waals surface area contributed by atoms with E-state index in [4.69, 9.17) is 4.74 Å². The molecule has 2 N–H and O–H groups in total. The molecule has 0 bridgehead atoms. The van der Waals surface area contributed by atoms with Crippen LogP contribution in [0.2, 0.25) is 0 Å². The van der Waals surface area contributed by atoms with Crippen molar-refractivity contribution in [3.63, 3.8) is 0 Å². The Morgan fingerprint density at radius 1 is 0.840 bits per heavy atom. The summed E-state index contributed by atoms with van der Waals surface area (Å²) in [4.78, 5) is 0. The van der Waals surface area contributed by atoms with Crippen LogP contribution < -0.4 is 0 Å². The largest absolute Gasteiger partial charge is 0.390 e. The van der Waals surface area contributed by atoms with Crippen LogP contribution in [-0.2, 0) is 4.74 Å². The fourth-order valence-electron chi connectivity index (χ4n) is 3.76. The van der Waals surface area contributed by atoms with E-state index in [-0.39, 0.29) is 18.3 Å². The molecule has 148 valence electrons. The number of hydrogen-bond acceptors (Lipinski definition) is 3. The van der Waals surface area contributed by atoms with Gasteiger partial charge in [0, 0.05) is 0 Å². The Morgan fingerprint density at radius 2 is 1.32 bits per heavy atom.